The average Bonchev–Trinajstić information content (AvgIpc) is 2.87. The van der Waals surface area contributed by atoms with Crippen molar-refractivity contribution in [1.82, 2.24) is 10.2 Å². The second-order valence-electron chi connectivity index (χ2n) is 8.18. The Labute approximate surface area is 205 Å². The number of anilines is 1. The molecular weight excluding hydrogens is 466 g/mol. The van der Waals surface area contributed by atoms with E-state index in [0.29, 0.717) is 30.2 Å². The summed E-state index contributed by atoms with van der Waals surface area (Å²) >= 11 is 0. The predicted molar refractivity (Wildman–Crippen MR) is 135 cm³/mol. The van der Waals surface area contributed by atoms with Crippen LogP contribution in [0.1, 0.15) is 22.7 Å². The van der Waals surface area contributed by atoms with Crippen molar-refractivity contribution >= 4 is 21.7 Å². The first-order chi connectivity index (χ1) is 16.9. The van der Waals surface area contributed by atoms with Gasteiger partial charge in [-0.15, -0.1) is 0 Å². The molecule has 0 bridgehead atoms. The highest BCUT2D eigenvalue weighted by Crippen LogP contribution is 2.40. The highest BCUT2D eigenvalue weighted by molar-refractivity contribution is 7.92. The number of nitrogens with one attached hydrogen (secondary N) is 2. The normalized spacial score (nSPS) is 15.1. The van der Waals surface area contributed by atoms with Gasteiger partial charge >= 0.3 is 6.03 Å². The summed E-state index contributed by atoms with van der Waals surface area (Å²) in [6, 6.07) is 21.6. The summed E-state index contributed by atoms with van der Waals surface area (Å²) in [5.74, 6) is 0.999. The molecule has 35 heavy (non-hydrogen) atoms. The number of hydrogen-bond donors (Lipinski definition) is 2. The van der Waals surface area contributed by atoms with Crippen molar-refractivity contribution < 1.29 is 22.7 Å². The molecule has 184 valence electrons. The summed E-state index contributed by atoms with van der Waals surface area (Å²) < 4.78 is 38.4. The molecule has 0 spiro atoms. The number of nitrogens with zero attached hydrogens (tertiary/aromatic N) is 1. The minimum atomic E-state index is -3.61. The molecule has 0 radical (unpaired) electrons. The van der Waals surface area contributed by atoms with E-state index in [9.17, 15) is 13.2 Å². The minimum Gasteiger partial charge on any atom is -0.493 e. The van der Waals surface area contributed by atoms with Crippen LogP contribution in [0.5, 0.6) is 11.5 Å². The highest BCUT2D eigenvalue weighted by Gasteiger charge is 2.33. The van der Waals surface area contributed by atoms with Crippen LogP contribution in [0, 0.1) is 0 Å². The number of fused-ring (bicyclic) bond motifs is 1. The largest absolute Gasteiger partial charge is 0.493 e. The topological polar surface area (TPSA) is 97.0 Å². The van der Waals surface area contributed by atoms with E-state index in [1.807, 2.05) is 48.5 Å². The molecule has 3 aromatic carbocycles. The van der Waals surface area contributed by atoms with E-state index in [2.05, 4.69) is 10.0 Å². The third kappa shape index (κ3) is 5.68. The maximum atomic E-state index is 13.3. The van der Waals surface area contributed by atoms with Gasteiger partial charge in [-0.3, -0.25) is 4.72 Å². The van der Waals surface area contributed by atoms with E-state index in [1.165, 1.54) is 0 Å². The summed E-state index contributed by atoms with van der Waals surface area (Å²) in [6.45, 7) is 0.459. The number of sulfonamides is 1. The van der Waals surface area contributed by atoms with Crippen LogP contribution in [0.15, 0.2) is 72.8 Å². The standard InChI is InChI=1S/C26H29N3O5S/c1-33-23-17-20-13-15-29(25(19-9-5-3-6-10-19)22(20)18-24(23)34-2)26(30)27-14-16-35(31,32)28-21-11-7-4-8-12-21/h3-12,17-18,25,28H,13-16H2,1-2H3,(H,27,30)/t25-/m0/s1. The number of benzene rings is 3. The minimum absolute atomic E-state index is 0.0161. The van der Waals surface area contributed by atoms with Crippen molar-refractivity contribution in [3.63, 3.8) is 0 Å². The van der Waals surface area contributed by atoms with Gasteiger partial charge in [0.2, 0.25) is 10.0 Å². The maximum Gasteiger partial charge on any atom is 0.318 e. The Morgan fingerprint density at radius 3 is 2.26 bits per heavy atom. The van der Waals surface area contributed by atoms with E-state index in [4.69, 9.17) is 9.47 Å². The molecule has 0 aliphatic carbocycles. The summed E-state index contributed by atoms with van der Waals surface area (Å²) in [6.07, 6.45) is 0.639. The molecule has 1 aliphatic heterocycles. The Kier molecular flexibility index (Phi) is 7.45. The SMILES string of the molecule is COc1cc2c(cc1OC)[C@H](c1ccccc1)N(C(=O)NCCS(=O)(=O)Nc1ccccc1)CC2. The molecule has 2 amide bonds. The summed E-state index contributed by atoms with van der Waals surface area (Å²) in [5, 5.41) is 2.79. The quantitative estimate of drug-likeness (QED) is 0.496. The zero-order valence-corrected chi connectivity index (χ0v) is 20.5. The zero-order chi connectivity index (χ0) is 24.8. The molecule has 4 rings (SSSR count). The Hall–Kier alpha value is -3.72. The van der Waals surface area contributed by atoms with Crippen molar-refractivity contribution in [2.24, 2.45) is 0 Å². The van der Waals surface area contributed by atoms with Crippen LogP contribution >= 0.6 is 0 Å². The number of hydrogen-bond acceptors (Lipinski definition) is 5. The van der Waals surface area contributed by atoms with Crippen molar-refractivity contribution in [2.45, 2.75) is 12.5 Å². The molecule has 0 unspecified atom stereocenters. The van der Waals surface area contributed by atoms with Crippen molar-refractivity contribution in [3.05, 3.63) is 89.5 Å². The molecule has 3 aromatic rings. The third-order valence-corrected chi connectivity index (χ3v) is 7.23. The molecule has 0 saturated carbocycles. The van der Waals surface area contributed by atoms with Gasteiger partial charge in [0.1, 0.15) is 0 Å². The molecule has 8 nitrogen and oxygen atoms in total. The number of carbonyl (C=O) groups is 1. The van der Waals surface area contributed by atoms with Gasteiger partial charge in [0.25, 0.3) is 0 Å². The van der Waals surface area contributed by atoms with E-state index in [-0.39, 0.29) is 24.4 Å². The lowest BCUT2D eigenvalue weighted by molar-refractivity contribution is 0.180. The first kappa shape index (κ1) is 24.4. The van der Waals surface area contributed by atoms with Gasteiger partial charge in [-0.25, -0.2) is 13.2 Å². The van der Waals surface area contributed by atoms with Gasteiger partial charge in [-0.05, 0) is 47.4 Å². The van der Waals surface area contributed by atoms with Gasteiger partial charge in [-0.2, -0.15) is 0 Å². The highest BCUT2D eigenvalue weighted by atomic mass is 32.2. The fourth-order valence-corrected chi connectivity index (χ4v) is 5.26. The van der Waals surface area contributed by atoms with Gasteiger partial charge in [0.05, 0.1) is 26.0 Å². The van der Waals surface area contributed by atoms with Crippen LogP contribution in [-0.4, -0.2) is 52.4 Å². The molecule has 0 fully saturated rings. The molecule has 1 atom stereocenters. The zero-order valence-electron chi connectivity index (χ0n) is 19.7. The maximum absolute atomic E-state index is 13.3. The van der Waals surface area contributed by atoms with Crippen LogP contribution in [0.3, 0.4) is 0 Å². The van der Waals surface area contributed by atoms with Gasteiger partial charge in [-0.1, -0.05) is 48.5 Å². The number of ether oxygens (including phenoxy) is 2. The van der Waals surface area contributed by atoms with Crippen LogP contribution in [0.25, 0.3) is 0 Å². The second-order valence-corrected chi connectivity index (χ2v) is 10.0. The molecule has 0 saturated heterocycles. The monoisotopic (exact) mass is 495 g/mol. The summed E-state index contributed by atoms with van der Waals surface area (Å²) in [4.78, 5) is 15.0. The Bertz CT molecular complexity index is 1270. The van der Waals surface area contributed by atoms with Crippen LogP contribution in [-0.2, 0) is 16.4 Å². The van der Waals surface area contributed by atoms with E-state index >= 15 is 0 Å². The lowest BCUT2D eigenvalue weighted by Crippen LogP contribution is -2.47. The fraction of sp³-hybridized carbons (Fsp3) is 0.269. The van der Waals surface area contributed by atoms with Crippen molar-refractivity contribution in [2.75, 3.05) is 37.8 Å². The molecule has 2 N–H and O–H groups in total. The van der Waals surface area contributed by atoms with Crippen LogP contribution < -0.4 is 19.5 Å². The molecule has 1 aliphatic rings. The lowest BCUT2D eigenvalue weighted by atomic mass is 9.88. The number of methoxy groups -OCH3 is 2. The lowest BCUT2D eigenvalue weighted by Gasteiger charge is -2.38. The number of rotatable bonds is 8. The Balaban J connectivity index is 1.53. The smallest absolute Gasteiger partial charge is 0.318 e. The number of urea groups is 1. The van der Waals surface area contributed by atoms with Crippen LogP contribution in [0.2, 0.25) is 0 Å². The third-order valence-electron chi connectivity index (χ3n) is 5.94. The van der Waals surface area contributed by atoms with Gasteiger partial charge in [0.15, 0.2) is 11.5 Å². The number of amides is 2. The number of para-hydroxylation sites is 1. The second kappa shape index (κ2) is 10.7. The summed E-state index contributed by atoms with van der Waals surface area (Å²) in [5.41, 5.74) is 3.47. The first-order valence-corrected chi connectivity index (χ1v) is 13.0. The molecule has 0 aromatic heterocycles. The molecular formula is C26H29N3O5S. The van der Waals surface area contributed by atoms with Gasteiger partial charge < -0.3 is 19.7 Å². The first-order valence-electron chi connectivity index (χ1n) is 11.3. The molecule has 1 heterocycles. The van der Waals surface area contributed by atoms with E-state index in [1.54, 1.807) is 43.4 Å². The van der Waals surface area contributed by atoms with E-state index < -0.39 is 10.0 Å². The predicted octanol–water partition coefficient (Wildman–Crippen LogP) is 3.80. The Morgan fingerprint density at radius 1 is 0.971 bits per heavy atom. The Morgan fingerprint density at radius 2 is 1.60 bits per heavy atom. The fourth-order valence-electron chi connectivity index (χ4n) is 4.29. The van der Waals surface area contributed by atoms with E-state index in [0.717, 1.165) is 16.7 Å². The van der Waals surface area contributed by atoms with Crippen molar-refractivity contribution in [1.29, 1.82) is 0 Å². The van der Waals surface area contributed by atoms with Gasteiger partial charge in [0, 0.05) is 18.8 Å². The average molecular weight is 496 g/mol. The number of carbonyl (C=O) groups excluding carboxylic acids is 1. The van der Waals surface area contributed by atoms with Crippen molar-refractivity contribution in [3.8, 4) is 11.5 Å². The summed E-state index contributed by atoms with van der Waals surface area (Å²) in [7, 11) is -0.424. The van der Waals surface area contributed by atoms with Crippen LogP contribution in [0.4, 0.5) is 10.5 Å². The molecule has 9 heteroatoms.